The number of aryl methyl sites for hydroxylation is 1. The van der Waals surface area contributed by atoms with Crippen molar-refractivity contribution in [3.8, 4) is 0 Å². The first kappa shape index (κ1) is 10.8. The summed E-state index contributed by atoms with van der Waals surface area (Å²) < 4.78 is 49.7. The molecule has 78 valence electrons. The average molecular weight is 207 g/mol. The van der Waals surface area contributed by atoms with E-state index in [1.54, 1.807) is 6.92 Å². The molecule has 1 aromatic carbocycles. The van der Waals surface area contributed by atoms with Gasteiger partial charge in [0.1, 0.15) is 5.82 Å². The summed E-state index contributed by atoms with van der Waals surface area (Å²) in [4.78, 5) is 0. The van der Waals surface area contributed by atoms with Gasteiger partial charge in [-0.25, -0.2) is 4.39 Å². The average Bonchev–Trinajstić information content (AvgIpc) is 2.06. The van der Waals surface area contributed by atoms with Gasteiger partial charge in [-0.2, -0.15) is 13.2 Å². The minimum absolute atomic E-state index is 0.178. The first-order chi connectivity index (χ1) is 6.36. The molecule has 0 radical (unpaired) electrons. The quantitative estimate of drug-likeness (QED) is 0.556. The van der Waals surface area contributed by atoms with E-state index in [9.17, 15) is 17.6 Å². The van der Waals surface area contributed by atoms with Gasteiger partial charge in [-0.05, 0) is 24.1 Å². The van der Waals surface area contributed by atoms with E-state index in [-0.39, 0.29) is 17.7 Å². The van der Waals surface area contributed by atoms with Crippen LogP contribution in [0, 0.1) is 5.82 Å². The van der Waals surface area contributed by atoms with Gasteiger partial charge in [-0.15, -0.1) is 0 Å². The lowest BCUT2D eigenvalue weighted by Crippen LogP contribution is -2.11. The first-order valence-electron chi connectivity index (χ1n) is 4.01. The van der Waals surface area contributed by atoms with Crippen LogP contribution in [0.25, 0.3) is 0 Å². The second-order valence-corrected chi connectivity index (χ2v) is 2.88. The number of alkyl halides is 3. The van der Waals surface area contributed by atoms with E-state index in [0.717, 1.165) is 6.07 Å². The minimum atomic E-state index is -4.60. The molecular weight excluding hydrogens is 198 g/mol. The second-order valence-electron chi connectivity index (χ2n) is 2.88. The van der Waals surface area contributed by atoms with Crippen LogP contribution in [0.15, 0.2) is 12.1 Å². The molecule has 0 fully saturated rings. The summed E-state index contributed by atoms with van der Waals surface area (Å²) in [6, 6.07) is 1.43. The fourth-order valence-electron chi connectivity index (χ4n) is 1.20. The smallest absolute Gasteiger partial charge is 0.398 e. The molecule has 2 N–H and O–H groups in total. The van der Waals surface area contributed by atoms with Gasteiger partial charge in [0.15, 0.2) is 0 Å². The lowest BCUT2D eigenvalue weighted by atomic mass is 10.0. The number of rotatable bonds is 1. The summed E-state index contributed by atoms with van der Waals surface area (Å²) in [6.07, 6.45) is -4.33. The van der Waals surface area contributed by atoms with Crippen LogP contribution in [0.5, 0.6) is 0 Å². The number of benzene rings is 1. The maximum Gasteiger partial charge on any atom is 0.418 e. The molecule has 0 bridgehead atoms. The third kappa shape index (κ3) is 1.97. The van der Waals surface area contributed by atoms with E-state index in [2.05, 4.69) is 0 Å². The highest BCUT2D eigenvalue weighted by Crippen LogP contribution is 2.35. The Hall–Kier alpha value is -1.26. The summed E-state index contributed by atoms with van der Waals surface area (Å²) >= 11 is 0. The van der Waals surface area contributed by atoms with Crippen LogP contribution >= 0.6 is 0 Å². The molecule has 0 aliphatic carbocycles. The maximum absolute atomic E-state index is 12.8. The molecule has 1 aromatic rings. The van der Waals surface area contributed by atoms with Crippen molar-refractivity contribution in [3.05, 3.63) is 29.1 Å². The van der Waals surface area contributed by atoms with E-state index < -0.39 is 17.6 Å². The topological polar surface area (TPSA) is 26.0 Å². The van der Waals surface area contributed by atoms with Crippen LogP contribution in [0.1, 0.15) is 18.1 Å². The Balaban J connectivity index is 3.37. The van der Waals surface area contributed by atoms with Crippen molar-refractivity contribution in [2.75, 3.05) is 5.73 Å². The third-order valence-corrected chi connectivity index (χ3v) is 1.92. The van der Waals surface area contributed by atoms with Crippen molar-refractivity contribution in [3.63, 3.8) is 0 Å². The zero-order chi connectivity index (χ0) is 10.9. The normalized spacial score (nSPS) is 11.8. The minimum Gasteiger partial charge on any atom is -0.398 e. The van der Waals surface area contributed by atoms with Crippen molar-refractivity contribution in [1.82, 2.24) is 0 Å². The Morgan fingerprint density at radius 1 is 1.29 bits per heavy atom. The molecule has 0 spiro atoms. The van der Waals surface area contributed by atoms with Crippen LogP contribution in [-0.2, 0) is 12.6 Å². The molecule has 1 nitrogen and oxygen atoms in total. The predicted molar refractivity (Wildman–Crippen MR) is 45.2 cm³/mol. The molecule has 0 saturated carbocycles. The molecule has 0 aliphatic rings. The molecule has 0 heterocycles. The van der Waals surface area contributed by atoms with E-state index in [4.69, 9.17) is 5.73 Å². The molecule has 1 rings (SSSR count). The summed E-state index contributed by atoms with van der Waals surface area (Å²) in [5.41, 5.74) is 3.95. The second kappa shape index (κ2) is 3.48. The van der Waals surface area contributed by atoms with Crippen molar-refractivity contribution in [2.24, 2.45) is 0 Å². The van der Waals surface area contributed by atoms with Gasteiger partial charge in [0.25, 0.3) is 0 Å². The van der Waals surface area contributed by atoms with Crippen LogP contribution in [0.3, 0.4) is 0 Å². The van der Waals surface area contributed by atoms with Gasteiger partial charge in [-0.1, -0.05) is 6.92 Å². The highest BCUT2D eigenvalue weighted by Gasteiger charge is 2.34. The van der Waals surface area contributed by atoms with Crippen LogP contribution in [0.2, 0.25) is 0 Å². The van der Waals surface area contributed by atoms with Crippen molar-refractivity contribution in [1.29, 1.82) is 0 Å². The predicted octanol–water partition coefficient (Wildman–Crippen LogP) is 2.99. The molecule has 14 heavy (non-hydrogen) atoms. The largest absolute Gasteiger partial charge is 0.418 e. The van der Waals surface area contributed by atoms with Crippen LogP contribution < -0.4 is 5.73 Å². The number of hydrogen-bond donors (Lipinski definition) is 1. The third-order valence-electron chi connectivity index (χ3n) is 1.92. The number of hydrogen-bond acceptors (Lipinski definition) is 1. The molecular formula is C9H9F4N. The lowest BCUT2D eigenvalue weighted by Gasteiger charge is -2.12. The van der Waals surface area contributed by atoms with Gasteiger partial charge in [0.05, 0.1) is 5.56 Å². The molecule has 5 heteroatoms. The Morgan fingerprint density at radius 2 is 1.86 bits per heavy atom. The maximum atomic E-state index is 12.8. The highest BCUT2D eigenvalue weighted by molar-refractivity contribution is 5.55. The van der Waals surface area contributed by atoms with Gasteiger partial charge in [-0.3, -0.25) is 0 Å². The molecule has 0 aromatic heterocycles. The monoisotopic (exact) mass is 207 g/mol. The molecule has 0 aliphatic heterocycles. The zero-order valence-electron chi connectivity index (χ0n) is 7.45. The molecule has 0 atom stereocenters. The van der Waals surface area contributed by atoms with E-state index in [1.807, 2.05) is 0 Å². The Labute approximate surface area is 78.5 Å². The molecule has 0 saturated heterocycles. The fourth-order valence-corrected chi connectivity index (χ4v) is 1.20. The summed E-state index contributed by atoms with van der Waals surface area (Å²) in [6.45, 7) is 1.62. The van der Waals surface area contributed by atoms with E-state index in [0.29, 0.717) is 6.07 Å². The molecule has 0 amide bonds. The number of nitrogen functional groups attached to an aromatic ring is 1. The SMILES string of the molecule is CCc1cc(F)cc(C(F)(F)F)c1N. The van der Waals surface area contributed by atoms with E-state index in [1.165, 1.54) is 0 Å². The summed E-state index contributed by atoms with van der Waals surface area (Å²) in [5.74, 6) is -0.914. The number of nitrogens with two attached hydrogens (primary N) is 1. The van der Waals surface area contributed by atoms with Crippen molar-refractivity contribution < 1.29 is 17.6 Å². The Bertz CT molecular complexity index is 343. The van der Waals surface area contributed by atoms with Crippen molar-refractivity contribution in [2.45, 2.75) is 19.5 Å². The summed E-state index contributed by atoms with van der Waals surface area (Å²) in [7, 11) is 0. The van der Waals surface area contributed by atoms with Crippen LogP contribution in [0.4, 0.5) is 23.2 Å². The number of halogens is 4. The van der Waals surface area contributed by atoms with Crippen molar-refractivity contribution >= 4 is 5.69 Å². The van der Waals surface area contributed by atoms with Gasteiger partial charge >= 0.3 is 6.18 Å². The lowest BCUT2D eigenvalue weighted by molar-refractivity contribution is -0.137. The zero-order valence-corrected chi connectivity index (χ0v) is 7.45. The highest BCUT2D eigenvalue weighted by atomic mass is 19.4. The first-order valence-corrected chi connectivity index (χ1v) is 4.01. The molecule has 0 unspecified atom stereocenters. The van der Waals surface area contributed by atoms with Gasteiger partial charge in [0, 0.05) is 5.69 Å². The number of anilines is 1. The van der Waals surface area contributed by atoms with E-state index >= 15 is 0 Å². The standard InChI is InChI=1S/C9H9F4N/c1-2-5-3-6(10)4-7(8(5)14)9(11,12)13/h3-4H,2,14H2,1H3. The van der Waals surface area contributed by atoms with Crippen LogP contribution in [-0.4, -0.2) is 0 Å². The van der Waals surface area contributed by atoms with Gasteiger partial charge < -0.3 is 5.73 Å². The Kier molecular flexibility index (Phi) is 2.69. The summed E-state index contributed by atoms with van der Waals surface area (Å²) in [5, 5.41) is 0. The fraction of sp³-hybridized carbons (Fsp3) is 0.333. The van der Waals surface area contributed by atoms with Gasteiger partial charge in [0.2, 0.25) is 0 Å². The Morgan fingerprint density at radius 3 is 2.29 bits per heavy atom.